The molecule has 0 atom stereocenters. The molecule has 0 amide bonds. The summed E-state index contributed by atoms with van der Waals surface area (Å²) in [6.45, 7) is 10.1. The maximum Gasteiger partial charge on any atom is 0.419 e. The van der Waals surface area contributed by atoms with Crippen LogP contribution in [0, 0.1) is 18.2 Å². The number of benzene rings is 2. The molecule has 0 unspecified atom stereocenters. The molecule has 13 heteroatoms. The highest BCUT2D eigenvalue weighted by molar-refractivity contribution is 9.10. The summed E-state index contributed by atoms with van der Waals surface area (Å²) < 4.78 is 57.3. The Morgan fingerprint density at radius 2 is 1.74 bits per heavy atom. The van der Waals surface area contributed by atoms with Crippen molar-refractivity contribution in [1.82, 2.24) is 14.6 Å². The van der Waals surface area contributed by atoms with Gasteiger partial charge in [0.25, 0.3) is 0 Å². The van der Waals surface area contributed by atoms with E-state index < -0.39 is 39.1 Å². The monoisotopic (exact) mass is 697 g/mol. The third-order valence-corrected chi connectivity index (χ3v) is 8.02. The molecule has 0 radical (unpaired) electrons. The van der Waals surface area contributed by atoms with Gasteiger partial charge in [-0.1, -0.05) is 33.5 Å². The molecular formula is C30H34BrClFN3O6S. The Bertz CT molecular complexity index is 1700. The van der Waals surface area contributed by atoms with Crippen LogP contribution in [-0.4, -0.2) is 49.3 Å². The van der Waals surface area contributed by atoms with E-state index in [9.17, 15) is 18.0 Å². The molecule has 1 heterocycles. The lowest BCUT2D eigenvalue weighted by atomic mass is 10.1. The van der Waals surface area contributed by atoms with Crippen LogP contribution < -0.4 is 10.0 Å². The first kappa shape index (κ1) is 34.5. The zero-order chi connectivity index (χ0) is 32.3. The molecule has 0 aliphatic heterocycles. The highest BCUT2D eigenvalue weighted by Crippen LogP contribution is 2.33. The molecule has 3 rings (SSSR count). The van der Waals surface area contributed by atoms with E-state index in [1.54, 1.807) is 47.6 Å². The highest BCUT2D eigenvalue weighted by atomic mass is 79.9. The second-order valence-electron chi connectivity index (χ2n) is 11.6. The number of carbonyl (C=O) groups is 2. The average Bonchev–Trinajstić information content (AvgIpc) is 3.15. The van der Waals surface area contributed by atoms with Gasteiger partial charge in [-0.25, -0.2) is 31.7 Å². The van der Waals surface area contributed by atoms with Crippen LogP contribution in [0.4, 0.5) is 9.18 Å². The van der Waals surface area contributed by atoms with Crippen molar-refractivity contribution >= 4 is 60.5 Å². The first-order valence-electron chi connectivity index (χ1n) is 13.3. The second-order valence-corrected chi connectivity index (χ2v) is 14.7. The quantitative estimate of drug-likeness (QED) is 0.156. The van der Waals surface area contributed by atoms with Gasteiger partial charge in [-0.2, -0.15) is 0 Å². The maximum atomic E-state index is 15.4. The van der Waals surface area contributed by atoms with Crippen LogP contribution in [0.3, 0.4) is 0 Å². The van der Waals surface area contributed by atoms with E-state index in [1.165, 1.54) is 24.3 Å². The van der Waals surface area contributed by atoms with Crippen LogP contribution >= 0.6 is 27.5 Å². The van der Waals surface area contributed by atoms with Crippen LogP contribution in [0.1, 0.15) is 63.2 Å². The summed E-state index contributed by atoms with van der Waals surface area (Å²) in [5, 5.41) is 3.56. The average molecular weight is 699 g/mol. The number of hydrogen-bond acceptors (Lipinski definition) is 7. The van der Waals surface area contributed by atoms with E-state index in [0.717, 1.165) is 4.57 Å². The minimum Gasteiger partial charge on any atom is -0.456 e. The Labute approximate surface area is 264 Å². The van der Waals surface area contributed by atoms with Crippen molar-refractivity contribution in [1.29, 1.82) is 0 Å². The van der Waals surface area contributed by atoms with E-state index >= 15 is 4.39 Å². The summed E-state index contributed by atoms with van der Waals surface area (Å²) in [6, 6.07) is 6.68. The molecule has 0 fully saturated rings. The van der Waals surface area contributed by atoms with Crippen LogP contribution in [0.15, 0.2) is 39.7 Å². The van der Waals surface area contributed by atoms with Gasteiger partial charge in [-0.05, 0) is 83.9 Å². The first-order chi connectivity index (χ1) is 19.8. The fourth-order valence-electron chi connectivity index (χ4n) is 4.29. The lowest BCUT2D eigenvalue weighted by Crippen LogP contribution is -2.30. The molecule has 2 N–H and O–H groups in total. The van der Waals surface area contributed by atoms with Gasteiger partial charge in [0.05, 0.1) is 22.5 Å². The highest BCUT2D eigenvalue weighted by Gasteiger charge is 2.29. The van der Waals surface area contributed by atoms with Crippen LogP contribution in [0.25, 0.3) is 10.9 Å². The molecular weight excluding hydrogens is 665 g/mol. The zero-order valence-electron chi connectivity index (χ0n) is 24.7. The smallest absolute Gasteiger partial charge is 0.419 e. The van der Waals surface area contributed by atoms with Crippen LogP contribution in [0.2, 0.25) is 5.02 Å². The van der Waals surface area contributed by atoms with E-state index in [-0.39, 0.29) is 47.1 Å². The predicted molar refractivity (Wildman–Crippen MR) is 167 cm³/mol. The topological polar surface area (TPSA) is 116 Å². The summed E-state index contributed by atoms with van der Waals surface area (Å²) >= 11 is 9.38. The minimum absolute atomic E-state index is 0.0160. The Kier molecular flexibility index (Phi) is 10.7. The van der Waals surface area contributed by atoms with Gasteiger partial charge >= 0.3 is 12.1 Å². The van der Waals surface area contributed by atoms with Crippen molar-refractivity contribution in [3.63, 3.8) is 0 Å². The third-order valence-electron chi connectivity index (χ3n) is 5.81. The number of terminal acetylenes is 1. The summed E-state index contributed by atoms with van der Waals surface area (Å²) in [6.07, 6.45) is 4.64. The number of esters is 1. The van der Waals surface area contributed by atoms with Gasteiger partial charge in [0.2, 0.25) is 10.0 Å². The van der Waals surface area contributed by atoms with Gasteiger partial charge in [-0.3, -0.25) is 0 Å². The Morgan fingerprint density at radius 3 is 2.35 bits per heavy atom. The van der Waals surface area contributed by atoms with Crippen molar-refractivity contribution in [2.24, 2.45) is 0 Å². The van der Waals surface area contributed by atoms with E-state index in [0.29, 0.717) is 21.1 Å². The van der Waals surface area contributed by atoms with Gasteiger partial charge in [0.15, 0.2) is 0 Å². The SMILES string of the molecule is C#CCNCc1c(CCNS(=O)(=O)c2ccc(Cl)cc2C(=O)OC(C)(C)C)c2cc(Br)cc(F)c2n1C(=O)OC(C)(C)C. The molecule has 0 spiro atoms. The number of nitrogens with zero attached hydrogens (tertiary/aromatic N) is 1. The number of hydrogen-bond donors (Lipinski definition) is 2. The summed E-state index contributed by atoms with van der Waals surface area (Å²) in [5.41, 5.74) is -1.12. The molecule has 2 aromatic carbocycles. The summed E-state index contributed by atoms with van der Waals surface area (Å²) in [7, 11) is -4.25. The zero-order valence-corrected chi connectivity index (χ0v) is 27.9. The lowest BCUT2D eigenvalue weighted by molar-refractivity contribution is 0.00647. The largest absolute Gasteiger partial charge is 0.456 e. The number of sulfonamides is 1. The Balaban J connectivity index is 2.05. The lowest BCUT2D eigenvalue weighted by Gasteiger charge is -2.21. The minimum atomic E-state index is -4.25. The first-order valence-corrected chi connectivity index (χ1v) is 15.9. The molecule has 0 bridgehead atoms. The van der Waals surface area contributed by atoms with Crippen molar-refractivity contribution in [2.75, 3.05) is 13.1 Å². The Hall–Kier alpha value is -2.95. The fourth-order valence-corrected chi connectivity index (χ4v) is 6.10. The standard InChI is InChI=1S/C30H34BrClFN3O6S/c1-8-12-34-17-24-20(21-14-18(31)15-23(33)26(21)36(24)28(38)42-30(5,6)7)11-13-35-43(39,40)25-10-9-19(32)16-22(25)27(37)41-29(2,3)4/h1,9-10,14-16,34-35H,11-13,17H2,2-7H3. The molecule has 1 aromatic heterocycles. The van der Waals surface area contributed by atoms with E-state index in [2.05, 4.69) is 31.9 Å². The number of aromatic nitrogens is 1. The van der Waals surface area contributed by atoms with E-state index in [1.807, 2.05) is 0 Å². The Morgan fingerprint density at radius 1 is 1.09 bits per heavy atom. The number of nitrogens with one attached hydrogen (secondary N) is 2. The molecule has 3 aromatic rings. The normalized spacial score (nSPS) is 12.3. The van der Waals surface area contributed by atoms with Gasteiger partial charge in [0, 0.05) is 33.7 Å². The molecule has 43 heavy (non-hydrogen) atoms. The number of ether oxygens (including phenoxy) is 2. The van der Waals surface area contributed by atoms with Gasteiger partial charge < -0.3 is 14.8 Å². The molecule has 232 valence electrons. The number of rotatable bonds is 9. The van der Waals surface area contributed by atoms with Crippen LogP contribution in [-0.2, 0) is 32.5 Å². The number of carbonyl (C=O) groups excluding carboxylic acids is 2. The molecule has 9 nitrogen and oxygen atoms in total. The number of halogens is 3. The fraction of sp³-hybridized carbons (Fsp3) is 0.400. The van der Waals surface area contributed by atoms with Gasteiger partial charge in [0.1, 0.15) is 17.0 Å². The van der Waals surface area contributed by atoms with Crippen molar-refractivity contribution < 1.29 is 31.9 Å². The van der Waals surface area contributed by atoms with Gasteiger partial charge in [-0.15, -0.1) is 6.42 Å². The van der Waals surface area contributed by atoms with Crippen molar-refractivity contribution in [3.05, 3.63) is 62.5 Å². The molecule has 0 aliphatic carbocycles. The van der Waals surface area contributed by atoms with Crippen molar-refractivity contribution in [2.45, 2.75) is 70.6 Å². The van der Waals surface area contributed by atoms with Crippen LogP contribution in [0.5, 0.6) is 0 Å². The number of fused-ring (bicyclic) bond motifs is 1. The molecule has 0 saturated carbocycles. The maximum absolute atomic E-state index is 15.4. The summed E-state index contributed by atoms with van der Waals surface area (Å²) in [4.78, 5) is 25.9. The predicted octanol–water partition coefficient (Wildman–Crippen LogP) is 6.18. The molecule has 0 saturated heterocycles. The van der Waals surface area contributed by atoms with Crippen molar-refractivity contribution in [3.8, 4) is 12.3 Å². The third kappa shape index (κ3) is 8.80. The molecule has 0 aliphatic rings. The van der Waals surface area contributed by atoms with E-state index in [4.69, 9.17) is 27.5 Å². The summed E-state index contributed by atoms with van der Waals surface area (Å²) in [5.74, 6) is 0.929. The second kappa shape index (κ2) is 13.4.